The molecular weight excluding hydrogens is 380 g/mol. The number of hydrogen-bond acceptors (Lipinski definition) is 4. The molecule has 1 atom stereocenters. The topological polar surface area (TPSA) is 72.5 Å². The fraction of sp³-hybridized carbons (Fsp3) is 0.318. The SMILES string of the molecule is CCCc1ccc(C(=O)CCC(=O)O[C@@H](C)C(=O)Nc2c(F)cccc2F)cc1. The number of aryl methyl sites for hydroxylation is 1. The van der Waals surface area contributed by atoms with Gasteiger partial charge in [0.2, 0.25) is 0 Å². The molecule has 0 heterocycles. The van der Waals surface area contributed by atoms with Crippen molar-refractivity contribution < 1.29 is 27.9 Å². The minimum absolute atomic E-state index is 0.0672. The van der Waals surface area contributed by atoms with Gasteiger partial charge in [-0.3, -0.25) is 14.4 Å². The molecule has 0 aromatic heterocycles. The van der Waals surface area contributed by atoms with Crippen LogP contribution in [-0.4, -0.2) is 23.8 Å². The van der Waals surface area contributed by atoms with Gasteiger partial charge in [-0.2, -0.15) is 0 Å². The van der Waals surface area contributed by atoms with Gasteiger partial charge in [0.15, 0.2) is 11.9 Å². The summed E-state index contributed by atoms with van der Waals surface area (Å²) in [6.45, 7) is 3.35. The van der Waals surface area contributed by atoms with Crippen molar-refractivity contribution in [3.05, 3.63) is 65.2 Å². The van der Waals surface area contributed by atoms with Gasteiger partial charge in [0.1, 0.15) is 17.3 Å². The number of ether oxygens (including phenoxy) is 1. The summed E-state index contributed by atoms with van der Waals surface area (Å²) in [5, 5.41) is 2.06. The molecule has 0 aliphatic carbocycles. The summed E-state index contributed by atoms with van der Waals surface area (Å²) in [4.78, 5) is 36.1. The third-order valence-corrected chi connectivity index (χ3v) is 4.26. The first-order valence-electron chi connectivity index (χ1n) is 9.38. The molecule has 1 amide bonds. The van der Waals surface area contributed by atoms with Crippen LogP contribution >= 0.6 is 0 Å². The van der Waals surface area contributed by atoms with E-state index in [9.17, 15) is 23.2 Å². The summed E-state index contributed by atoms with van der Waals surface area (Å²) >= 11 is 0. The molecule has 154 valence electrons. The monoisotopic (exact) mass is 403 g/mol. The number of hydrogen-bond donors (Lipinski definition) is 1. The van der Waals surface area contributed by atoms with Crippen LogP contribution in [-0.2, 0) is 20.7 Å². The van der Waals surface area contributed by atoms with Crippen molar-refractivity contribution in [2.75, 3.05) is 5.32 Å². The molecule has 0 aliphatic rings. The molecule has 2 aromatic rings. The van der Waals surface area contributed by atoms with E-state index in [2.05, 4.69) is 12.2 Å². The van der Waals surface area contributed by atoms with Crippen LogP contribution in [0.2, 0.25) is 0 Å². The number of Topliss-reactive ketones (excluding diaryl/α,β-unsaturated/α-hetero) is 1. The highest BCUT2D eigenvalue weighted by Gasteiger charge is 2.21. The van der Waals surface area contributed by atoms with Crippen LogP contribution in [0.1, 0.15) is 49.0 Å². The highest BCUT2D eigenvalue weighted by Crippen LogP contribution is 2.18. The average molecular weight is 403 g/mol. The summed E-state index contributed by atoms with van der Waals surface area (Å²) in [6.07, 6.45) is 0.389. The Hall–Kier alpha value is -3.09. The first kappa shape index (κ1) is 22.2. The van der Waals surface area contributed by atoms with Gasteiger partial charge in [-0.05, 0) is 31.0 Å². The summed E-state index contributed by atoms with van der Waals surface area (Å²) in [7, 11) is 0. The van der Waals surface area contributed by atoms with Crippen molar-refractivity contribution in [3.8, 4) is 0 Å². The molecule has 0 aliphatic heterocycles. The number of esters is 1. The van der Waals surface area contributed by atoms with E-state index >= 15 is 0 Å². The Labute approximate surface area is 168 Å². The van der Waals surface area contributed by atoms with Gasteiger partial charge in [0, 0.05) is 12.0 Å². The molecule has 0 unspecified atom stereocenters. The lowest BCUT2D eigenvalue weighted by Crippen LogP contribution is -2.30. The summed E-state index contributed by atoms with van der Waals surface area (Å²) in [5.41, 5.74) is 1.02. The lowest BCUT2D eigenvalue weighted by molar-refractivity contribution is -0.153. The van der Waals surface area contributed by atoms with Crippen molar-refractivity contribution in [1.82, 2.24) is 0 Å². The van der Waals surface area contributed by atoms with Crippen LogP contribution in [0.25, 0.3) is 0 Å². The second kappa shape index (κ2) is 10.5. The number of carbonyl (C=O) groups is 3. The highest BCUT2D eigenvalue weighted by atomic mass is 19.1. The molecule has 7 heteroatoms. The van der Waals surface area contributed by atoms with Crippen molar-refractivity contribution in [2.24, 2.45) is 0 Å². The summed E-state index contributed by atoms with van der Waals surface area (Å²) in [5.74, 6) is -3.71. The number of rotatable bonds is 9. The van der Waals surface area contributed by atoms with Crippen LogP contribution < -0.4 is 5.32 Å². The van der Waals surface area contributed by atoms with Crippen LogP contribution in [0.15, 0.2) is 42.5 Å². The zero-order chi connectivity index (χ0) is 21.4. The second-order valence-electron chi connectivity index (χ2n) is 6.59. The lowest BCUT2D eigenvalue weighted by Gasteiger charge is -2.14. The van der Waals surface area contributed by atoms with Crippen molar-refractivity contribution in [3.63, 3.8) is 0 Å². The van der Waals surface area contributed by atoms with Crippen LogP contribution in [0, 0.1) is 11.6 Å². The zero-order valence-corrected chi connectivity index (χ0v) is 16.3. The Morgan fingerprint density at radius 1 is 1.00 bits per heavy atom. The number of ketones is 1. The maximum absolute atomic E-state index is 13.6. The van der Waals surface area contributed by atoms with E-state index in [-0.39, 0.29) is 18.6 Å². The Bertz CT molecular complexity index is 861. The van der Waals surface area contributed by atoms with E-state index in [4.69, 9.17) is 4.74 Å². The third kappa shape index (κ3) is 6.48. The number of nitrogens with one attached hydrogen (secondary N) is 1. The first-order valence-corrected chi connectivity index (χ1v) is 9.38. The molecule has 0 radical (unpaired) electrons. The average Bonchev–Trinajstić information content (AvgIpc) is 2.69. The summed E-state index contributed by atoms with van der Waals surface area (Å²) in [6, 6.07) is 10.4. The van der Waals surface area contributed by atoms with Gasteiger partial charge in [0.25, 0.3) is 5.91 Å². The molecular formula is C22H23F2NO4. The number of amides is 1. The number of anilines is 1. The van der Waals surface area contributed by atoms with E-state index in [0.717, 1.165) is 36.6 Å². The van der Waals surface area contributed by atoms with Gasteiger partial charge in [-0.15, -0.1) is 0 Å². The number of benzene rings is 2. The molecule has 1 N–H and O–H groups in total. The van der Waals surface area contributed by atoms with Gasteiger partial charge in [-0.25, -0.2) is 8.78 Å². The van der Waals surface area contributed by atoms with Crippen LogP contribution in [0.3, 0.4) is 0 Å². The van der Waals surface area contributed by atoms with Crippen molar-refractivity contribution >= 4 is 23.3 Å². The maximum atomic E-state index is 13.6. The molecule has 0 bridgehead atoms. The quantitative estimate of drug-likeness (QED) is 0.496. The third-order valence-electron chi connectivity index (χ3n) is 4.26. The highest BCUT2D eigenvalue weighted by molar-refractivity contribution is 5.98. The number of halogens is 2. The fourth-order valence-electron chi connectivity index (χ4n) is 2.66. The van der Waals surface area contributed by atoms with Gasteiger partial charge >= 0.3 is 5.97 Å². The smallest absolute Gasteiger partial charge is 0.307 e. The number of carbonyl (C=O) groups excluding carboxylic acids is 3. The van der Waals surface area contributed by atoms with Crippen LogP contribution in [0.4, 0.5) is 14.5 Å². The van der Waals surface area contributed by atoms with Crippen molar-refractivity contribution in [2.45, 2.75) is 45.6 Å². The molecule has 5 nitrogen and oxygen atoms in total. The molecule has 29 heavy (non-hydrogen) atoms. The largest absolute Gasteiger partial charge is 0.453 e. The van der Waals surface area contributed by atoms with Crippen molar-refractivity contribution in [1.29, 1.82) is 0 Å². The van der Waals surface area contributed by atoms with E-state index in [1.807, 2.05) is 12.1 Å². The van der Waals surface area contributed by atoms with Crippen LogP contribution in [0.5, 0.6) is 0 Å². The molecule has 0 saturated heterocycles. The van der Waals surface area contributed by atoms with E-state index in [0.29, 0.717) is 5.56 Å². The van der Waals surface area contributed by atoms with E-state index < -0.39 is 35.3 Å². The molecule has 2 aromatic carbocycles. The molecule has 0 fully saturated rings. The Morgan fingerprint density at radius 3 is 2.21 bits per heavy atom. The maximum Gasteiger partial charge on any atom is 0.307 e. The van der Waals surface area contributed by atoms with Gasteiger partial charge < -0.3 is 10.1 Å². The normalized spacial score (nSPS) is 11.6. The first-order chi connectivity index (χ1) is 13.8. The Morgan fingerprint density at radius 2 is 1.62 bits per heavy atom. The predicted molar refractivity (Wildman–Crippen MR) is 105 cm³/mol. The fourth-order valence-corrected chi connectivity index (χ4v) is 2.66. The lowest BCUT2D eigenvalue weighted by atomic mass is 10.0. The Balaban J connectivity index is 1.83. The van der Waals surface area contributed by atoms with Gasteiger partial charge in [0.05, 0.1) is 6.42 Å². The molecule has 2 rings (SSSR count). The predicted octanol–water partition coefficient (Wildman–Crippen LogP) is 4.45. The number of para-hydroxylation sites is 1. The molecule has 0 saturated carbocycles. The summed E-state index contributed by atoms with van der Waals surface area (Å²) < 4.78 is 32.1. The standard InChI is InChI=1S/C22H23F2NO4/c1-3-5-15-8-10-16(11-9-15)19(26)12-13-20(27)29-14(2)22(28)25-21-17(23)6-4-7-18(21)24/h4,6-11,14H,3,5,12-13H2,1-2H3,(H,25,28)/t14-/m0/s1. The zero-order valence-electron chi connectivity index (χ0n) is 16.3. The van der Waals surface area contributed by atoms with Gasteiger partial charge in [-0.1, -0.05) is 43.7 Å². The van der Waals surface area contributed by atoms with E-state index in [1.165, 1.54) is 6.92 Å². The second-order valence-corrected chi connectivity index (χ2v) is 6.59. The van der Waals surface area contributed by atoms with E-state index in [1.54, 1.807) is 12.1 Å². The minimum atomic E-state index is -1.27. The Kier molecular flexibility index (Phi) is 8.00. The minimum Gasteiger partial charge on any atom is -0.453 e. The molecule has 0 spiro atoms.